The number of nitrogens with zero attached hydrogens (tertiary/aromatic N) is 2. The first-order valence-electron chi connectivity index (χ1n) is 7.47. The number of carbonyl (C=O) groups excluding carboxylic acids is 2. The van der Waals surface area contributed by atoms with Crippen molar-refractivity contribution in [2.45, 2.75) is 44.6 Å². The van der Waals surface area contributed by atoms with E-state index in [4.69, 9.17) is 5.11 Å². The molecule has 2 amide bonds. The van der Waals surface area contributed by atoms with Gasteiger partial charge in [-0.25, -0.2) is 0 Å². The highest BCUT2D eigenvalue weighted by atomic mass is 32.2. The van der Waals surface area contributed by atoms with Crippen LogP contribution in [0.1, 0.15) is 38.5 Å². The van der Waals surface area contributed by atoms with Gasteiger partial charge >= 0.3 is 5.97 Å². The van der Waals surface area contributed by atoms with Gasteiger partial charge in [0.2, 0.25) is 11.8 Å². The Balaban J connectivity index is 1.81. The Labute approximate surface area is 128 Å². The Kier molecular flexibility index (Phi) is 5.90. The van der Waals surface area contributed by atoms with E-state index in [2.05, 4.69) is 0 Å². The molecule has 0 spiro atoms. The number of amides is 2. The topological polar surface area (TPSA) is 77.9 Å². The third kappa shape index (κ3) is 4.36. The maximum atomic E-state index is 12.4. The number of hydrogen-bond acceptors (Lipinski definition) is 4. The van der Waals surface area contributed by atoms with Crippen molar-refractivity contribution in [2.24, 2.45) is 0 Å². The number of aliphatic carboxylic acids is 1. The smallest absolute Gasteiger partial charge is 0.303 e. The summed E-state index contributed by atoms with van der Waals surface area (Å²) < 4.78 is 0. The monoisotopic (exact) mass is 314 g/mol. The van der Waals surface area contributed by atoms with Gasteiger partial charge in [-0.3, -0.25) is 14.4 Å². The molecule has 2 aliphatic heterocycles. The van der Waals surface area contributed by atoms with Crippen molar-refractivity contribution in [1.82, 2.24) is 9.80 Å². The molecule has 1 N–H and O–H groups in total. The summed E-state index contributed by atoms with van der Waals surface area (Å²) in [6.45, 7) is 1.61. The normalized spacial score (nSPS) is 21.8. The van der Waals surface area contributed by atoms with Crippen LogP contribution < -0.4 is 0 Å². The highest BCUT2D eigenvalue weighted by Gasteiger charge is 2.37. The molecule has 2 saturated heterocycles. The van der Waals surface area contributed by atoms with Gasteiger partial charge in [0.05, 0.1) is 5.88 Å². The number of rotatable bonds is 6. The summed E-state index contributed by atoms with van der Waals surface area (Å²) in [6, 6.07) is -0.319. The Bertz CT molecular complexity index is 410. The van der Waals surface area contributed by atoms with Crippen LogP contribution in [0.3, 0.4) is 0 Å². The van der Waals surface area contributed by atoms with E-state index < -0.39 is 5.97 Å². The largest absolute Gasteiger partial charge is 0.481 e. The molecule has 1 unspecified atom stereocenters. The Morgan fingerprint density at radius 1 is 1.10 bits per heavy atom. The number of likely N-dealkylation sites (tertiary alicyclic amines) is 1. The standard InChI is InChI=1S/C14H22N2O4S/c17-12(5-1-2-6-13(18)19)16-10-21-9-11(16)14(20)15-7-3-4-8-15/h11H,1-10H2,(H,18,19). The third-order valence-corrected chi connectivity index (χ3v) is 4.95. The lowest BCUT2D eigenvalue weighted by Gasteiger charge is -2.27. The molecule has 0 saturated carbocycles. The predicted octanol–water partition coefficient (Wildman–Crippen LogP) is 1.16. The molecular formula is C14H22N2O4S. The zero-order chi connectivity index (χ0) is 15.2. The van der Waals surface area contributed by atoms with Crippen molar-refractivity contribution in [1.29, 1.82) is 0 Å². The Morgan fingerprint density at radius 3 is 2.43 bits per heavy atom. The lowest BCUT2D eigenvalue weighted by molar-refractivity contribution is -0.142. The zero-order valence-electron chi connectivity index (χ0n) is 12.1. The molecule has 2 heterocycles. The van der Waals surface area contributed by atoms with Gasteiger partial charge in [0.15, 0.2) is 0 Å². The average Bonchev–Trinajstić information content (AvgIpc) is 3.12. The molecule has 0 aromatic rings. The van der Waals surface area contributed by atoms with Gasteiger partial charge in [0.25, 0.3) is 0 Å². The number of carboxylic acids is 1. The van der Waals surface area contributed by atoms with Crippen LogP contribution >= 0.6 is 11.8 Å². The van der Waals surface area contributed by atoms with E-state index in [1.165, 1.54) is 0 Å². The molecule has 0 radical (unpaired) electrons. The third-order valence-electron chi connectivity index (χ3n) is 3.94. The van der Waals surface area contributed by atoms with Crippen molar-refractivity contribution in [2.75, 3.05) is 24.7 Å². The second kappa shape index (κ2) is 7.68. The SMILES string of the molecule is O=C(O)CCCCC(=O)N1CSCC1C(=O)N1CCCC1. The van der Waals surface area contributed by atoms with Gasteiger partial charge in [0.1, 0.15) is 6.04 Å². The molecule has 2 fully saturated rings. The molecule has 0 aromatic carbocycles. The van der Waals surface area contributed by atoms with E-state index in [-0.39, 0.29) is 24.3 Å². The van der Waals surface area contributed by atoms with Crippen LogP contribution in [0.25, 0.3) is 0 Å². The van der Waals surface area contributed by atoms with E-state index in [9.17, 15) is 14.4 Å². The summed E-state index contributed by atoms with van der Waals surface area (Å²) in [7, 11) is 0. The van der Waals surface area contributed by atoms with Gasteiger partial charge in [0, 0.05) is 31.7 Å². The molecule has 2 rings (SSSR count). The fraction of sp³-hybridized carbons (Fsp3) is 0.786. The molecule has 0 aromatic heterocycles. The summed E-state index contributed by atoms with van der Waals surface area (Å²) in [4.78, 5) is 38.6. The fourth-order valence-corrected chi connectivity index (χ4v) is 3.91. The first-order valence-corrected chi connectivity index (χ1v) is 8.63. The van der Waals surface area contributed by atoms with Gasteiger partial charge in [-0.15, -0.1) is 11.8 Å². The maximum absolute atomic E-state index is 12.4. The highest BCUT2D eigenvalue weighted by molar-refractivity contribution is 7.99. The summed E-state index contributed by atoms with van der Waals surface area (Å²) in [6.07, 6.45) is 3.60. The minimum absolute atomic E-state index is 0.0251. The van der Waals surface area contributed by atoms with Crippen molar-refractivity contribution < 1.29 is 19.5 Å². The summed E-state index contributed by atoms with van der Waals surface area (Å²) in [5, 5.41) is 8.58. The lowest BCUT2D eigenvalue weighted by atomic mass is 10.1. The molecule has 2 aliphatic rings. The Morgan fingerprint density at radius 2 is 1.76 bits per heavy atom. The number of unbranched alkanes of at least 4 members (excludes halogenated alkanes) is 1. The molecule has 21 heavy (non-hydrogen) atoms. The van der Waals surface area contributed by atoms with Crippen molar-refractivity contribution in [3.63, 3.8) is 0 Å². The minimum Gasteiger partial charge on any atom is -0.481 e. The van der Waals surface area contributed by atoms with Crippen LogP contribution in [0.5, 0.6) is 0 Å². The van der Waals surface area contributed by atoms with Crippen LogP contribution in [0.4, 0.5) is 0 Å². The van der Waals surface area contributed by atoms with E-state index in [1.54, 1.807) is 16.7 Å². The summed E-state index contributed by atoms with van der Waals surface area (Å²) >= 11 is 1.61. The van der Waals surface area contributed by atoms with Crippen molar-refractivity contribution in [3.8, 4) is 0 Å². The van der Waals surface area contributed by atoms with Crippen LogP contribution in [0, 0.1) is 0 Å². The molecule has 118 valence electrons. The lowest BCUT2D eigenvalue weighted by Crippen LogP contribution is -2.48. The number of carboxylic acid groups (broad SMARTS) is 1. The minimum atomic E-state index is -0.832. The Hall–Kier alpha value is -1.24. The molecule has 0 aliphatic carbocycles. The van der Waals surface area contributed by atoms with E-state index in [0.29, 0.717) is 30.9 Å². The second-order valence-electron chi connectivity index (χ2n) is 5.51. The summed E-state index contributed by atoms with van der Waals surface area (Å²) in [5.74, 6) is 0.471. The molecule has 7 heteroatoms. The van der Waals surface area contributed by atoms with Gasteiger partial charge < -0.3 is 14.9 Å². The van der Waals surface area contributed by atoms with Gasteiger partial charge in [-0.1, -0.05) is 0 Å². The van der Waals surface area contributed by atoms with Crippen LogP contribution in [-0.2, 0) is 14.4 Å². The van der Waals surface area contributed by atoms with Crippen molar-refractivity contribution in [3.05, 3.63) is 0 Å². The predicted molar refractivity (Wildman–Crippen MR) is 79.9 cm³/mol. The van der Waals surface area contributed by atoms with E-state index in [0.717, 1.165) is 25.9 Å². The number of hydrogen-bond donors (Lipinski definition) is 1. The molecule has 1 atom stereocenters. The average molecular weight is 314 g/mol. The molecule has 0 bridgehead atoms. The molecular weight excluding hydrogens is 292 g/mol. The maximum Gasteiger partial charge on any atom is 0.303 e. The van der Waals surface area contributed by atoms with Crippen LogP contribution in [0.2, 0.25) is 0 Å². The first kappa shape index (κ1) is 16.1. The van der Waals surface area contributed by atoms with E-state index in [1.807, 2.05) is 4.90 Å². The quantitative estimate of drug-likeness (QED) is 0.744. The zero-order valence-corrected chi connectivity index (χ0v) is 12.9. The highest BCUT2D eigenvalue weighted by Crippen LogP contribution is 2.25. The van der Waals surface area contributed by atoms with Crippen LogP contribution in [-0.4, -0.2) is 63.5 Å². The van der Waals surface area contributed by atoms with Gasteiger partial charge in [-0.2, -0.15) is 0 Å². The second-order valence-corrected chi connectivity index (χ2v) is 6.51. The number of carbonyl (C=O) groups is 3. The molecule has 6 nitrogen and oxygen atoms in total. The van der Waals surface area contributed by atoms with Crippen molar-refractivity contribution >= 4 is 29.5 Å². The van der Waals surface area contributed by atoms with E-state index >= 15 is 0 Å². The number of thioether (sulfide) groups is 1. The summed E-state index contributed by atoms with van der Waals surface area (Å²) in [5.41, 5.74) is 0. The fourth-order valence-electron chi connectivity index (χ4n) is 2.74. The first-order chi connectivity index (χ1) is 10.1. The van der Waals surface area contributed by atoms with Crippen LogP contribution in [0.15, 0.2) is 0 Å². The van der Waals surface area contributed by atoms with Gasteiger partial charge in [-0.05, 0) is 25.7 Å².